The smallest absolute Gasteiger partial charge is 0.139 e. The maximum atomic E-state index is 10.6. The van der Waals surface area contributed by atoms with Gasteiger partial charge in [-0.2, -0.15) is 0 Å². The fourth-order valence-electron chi connectivity index (χ4n) is 1.26. The molecule has 0 aromatic rings. The first-order chi connectivity index (χ1) is 3.33. The minimum atomic E-state index is 0.292. The molecular weight excluding hydrogens is 88.1 g/mol. The molecule has 2 aliphatic carbocycles. The zero-order valence-corrected chi connectivity index (χ0v) is 4.24. The molecule has 1 heteroatoms. The third-order valence-electron chi connectivity index (χ3n) is 2.28. The largest absolute Gasteiger partial charge is 0.299 e. The highest BCUT2D eigenvalue weighted by Gasteiger charge is 2.55. The van der Waals surface area contributed by atoms with Crippen molar-refractivity contribution < 1.29 is 4.79 Å². The summed E-state index contributed by atoms with van der Waals surface area (Å²) < 4.78 is 0. The lowest BCUT2D eigenvalue weighted by atomic mass is 9.80. The van der Waals surface area contributed by atoms with Crippen molar-refractivity contribution >= 4 is 5.78 Å². The second kappa shape index (κ2) is 0.770. The van der Waals surface area contributed by atoms with Crippen molar-refractivity contribution in [3.05, 3.63) is 0 Å². The summed E-state index contributed by atoms with van der Waals surface area (Å²) in [7, 11) is 0. The quantitative estimate of drug-likeness (QED) is 0.441. The summed E-state index contributed by atoms with van der Waals surface area (Å²) in [5.41, 5.74) is 0.292. The molecule has 0 aromatic heterocycles. The first-order valence-corrected chi connectivity index (χ1v) is 2.87. The van der Waals surface area contributed by atoms with Gasteiger partial charge in [-0.25, -0.2) is 0 Å². The number of hydrogen-bond donors (Lipinski definition) is 0. The van der Waals surface area contributed by atoms with Crippen LogP contribution in [0.15, 0.2) is 0 Å². The minimum absolute atomic E-state index is 0.292. The maximum absolute atomic E-state index is 10.6. The Labute approximate surface area is 42.7 Å². The van der Waals surface area contributed by atoms with Gasteiger partial charge in [-0.05, 0) is 19.3 Å². The van der Waals surface area contributed by atoms with Crippen LogP contribution in [0, 0.1) is 5.41 Å². The van der Waals surface area contributed by atoms with E-state index >= 15 is 0 Å². The highest BCUT2D eigenvalue weighted by molar-refractivity contribution is 5.92. The van der Waals surface area contributed by atoms with Crippen LogP contribution in [0.3, 0.4) is 0 Å². The molecule has 0 aliphatic heterocycles. The standard InChI is InChI=1S/C6H8O/c7-5-1-2-6(5)3-4-6/h1-4H2. The molecule has 0 aromatic carbocycles. The highest BCUT2D eigenvalue weighted by atomic mass is 16.1. The number of Topliss-reactive ketones (excluding diaryl/α,β-unsaturated/α-hetero) is 1. The monoisotopic (exact) mass is 96.1 g/mol. The van der Waals surface area contributed by atoms with Gasteiger partial charge in [0.05, 0.1) is 0 Å². The molecule has 0 radical (unpaired) electrons. The molecule has 2 fully saturated rings. The molecule has 7 heavy (non-hydrogen) atoms. The van der Waals surface area contributed by atoms with E-state index in [2.05, 4.69) is 0 Å². The summed E-state index contributed by atoms with van der Waals surface area (Å²) in [6.07, 6.45) is 4.48. The number of carbonyl (C=O) groups is 1. The summed E-state index contributed by atoms with van der Waals surface area (Å²) in [6.45, 7) is 0. The third kappa shape index (κ3) is 0.275. The van der Waals surface area contributed by atoms with Crippen LogP contribution in [-0.4, -0.2) is 5.78 Å². The van der Waals surface area contributed by atoms with Crippen molar-refractivity contribution in [3.63, 3.8) is 0 Å². The van der Waals surface area contributed by atoms with E-state index in [4.69, 9.17) is 0 Å². The van der Waals surface area contributed by atoms with Crippen molar-refractivity contribution in [1.29, 1.82) is 0 Å². The topological polar surface area (TPSA) is 17.1 Å². The summed E-state index contributed by atoms with van der Waals surface area (Å²) in [6, 6.07) is 0. The van der Waals surface area contributed by atoms with Crippen LogP contribution < -0.4 is 0 Å². The Morgan fingerprint density at radius 3 is 2.00 bits per heavy atom. The van der Waals surface area contributed by atoms with Gasteiger partial charge >= 0.3 is 0 Å². The van der Waals surface area contributed by atoms with Crippen molar-refractivity contribution in [2.24, 2.45) is 5.41 Å². The summed E-state index contributed by atoms with van der Waals surface area (Å²) in [5.74, 6) is 0.535. The average molecular weight is 96.1 g/mol. The second-order valence-electron chi connectivity index (χ2n) is 2.70. The lowest BCUT2D eigenvalue weighted by Crippen LogP contribution is -2.26. The van der Waals surface area contributed by atoms with E-state index < -0.39 is 0 Å². The van der Waals surface area contributed by atoms with E-state index in [9.17, 15) is 4.79 Å². The molecule has 0 N–H and O–H groups in total. The normalized spacial score (nSPS) is 32.9. The van der Waals surface area contributed by atoms with Gasteiger partial charge in [0, 0.05) is 11.8 Å². The van der Waals surface area contributed by atoms with E-state index in [1.54, 1.807) is 0 Å². The number of carbonyl (C=O) groups excluding carboxylic acids is 1. The summed E-state index contributed by atoms with van der Waals surface area (Å²) >= 11 is 0. The Hall–Kier alpha value is -0.330. The first kappa shape index (κ1) is 3.65. The fourth-order valence-corrected chi connectivity index (χ4v) is 1.26. The third-order valence-corrected chi connectivity index (χ3v) is 2.28. The van der Waals surface area contributed by atoms with Crippen LogP contribution >= 0.6 is 0 Å². The Balaban J connectivity index is 2.23. The Bertz CT molecular complexity index is 122. The molecule has 38 valence electrons. The molecule has 1 spiro atoms. The SMILES string of the molecule is O=C1CCC12CC2. The Morgan fingerprint density at radius 1 is 1.29 bits per heavy atom. The van der Waals surface area contributed by atoms with Gasteiger partial charge in [0.15, 0.2) is 0 Å². The van der Waals surface area contributed by atoms with E-state index in [1.165, 1.54) is 19.3 Å². The van der Waals surface area contributed by atoms with Crippen LogP contribution in [0.25, 0.3) is 0 Å². The van der Waals surface area contributed by atoms with Gasteiger partial charge in [0.1, 0.15) is 5.78 Å². The molecule has 0 amide bonds. The zero-order chi connectivity index (χ0) is 4.91. The fraction of sp³-hybridized carbons (Fsp3) is 0.833. The van der Waals surface area contributed by atoms with Gasteiger partial charge < -0.3 is 0 Å². The predicted octanol–water partition coefficient (Wildman–Crippen LogP) is 1.13. The van der Waals surface area contributed by atoms with Gasteiger partial charge in [-0.3, -0.25) is 4.79 Å². The minimum Gasteiger partial charge on any atom is -0.299 e. The molecule has 0 saturated heterocycles. The molecule has 0 heterocycles. The molecule has 1 nitrogen and oxygen atoms in total. The van der Waals surface area contributed by atoms with Gasteiger partial charge in [-0.15, -0.1) is 0 Å². The highest BCUT2D eigenvalue weighted by Crippen LogP contribution is 2.57. The van der Waals surface area contributed by atoms with Gasteiger partial charge in [0.25, 0.3) is 0 Å². The van der Waals surface area contributed by atoms with Crippen molar-refractivity contribution in [2.75, 3.05) is 0 Å². The van der Waals surface area contributed by atoms with Crippen molar-refractivity contribution in [2.45, 2.75) is 25.7 Å². The van der Waals surface area contributed by atoms with Gasteiger partial charge in [-0.1, -0.05) is 0 Å². The van der Waals surface area contributed by atoms with Crippen molar-refractivity contribution in [1.82, 2.24) is 0 Å². The number of ketones is 1. The lowest BCUT2D eigenvalue weighted by Gasteiger charge is -2.21. The van der Waals surface area contributed by atoms with Crippen LogP contribution in [0.2, 0.25) is 0 Å². The first-order valence-electron chi connectivity index (χ1n) is 2.87. The van der Waals surface area contributed by atoms with E-state index in [0.29, 0.717) is 11.2 Å². The molecule has 2 saturated carbocycles. The number of rotatable bonds is 0. The molecule has 0 unspecified atom stereocenters. The van der Waals surface area contributed by atoms with E-state index in [-0.39, 0.29) is 0 Å². The lowest BCUT2D eigenvalue weighted by molar-refractivity contribution is -0.131. The maximum Gasteiger partial charge on any atom is 0.139 e. The van der Waals surface area contributed by atoms with Crippen molar-refractivity contribution in [3.8, 4) is 0 Å². The average Bonchev–Trinajstić information content (AvgIpc) is 2.40. The summed E-state index contributed by atoms with van der Waals surface area (Å²) in [5, 5.41) is 0. The van der Waals surface area contributed by atoms with Crippen LogP contribution in [-0.2, 0) is 4.79 Å². The van der Waals surface area contributed by atoms with Crippen LogP contribution in [0.5, 0.6) is 0 Å². The molecular formula is C6H8O. The second-order valence-corrected chi connectivity index (χ2v) is 2.70. The summed E-state index contributed by atoms with van der Waals surface area (Å²) in [4.78, 5) is 10.6. The molecule has 2 aliphatic rings. The Morgan fingerprint density at radius 2 is 2.00 bits per heavy atom. The van der Waals surface area contributed by atoms with Crippen LogP contribution in [0.4, 0.5) is 0 Å². The Kier molecular flexibility index (Phi) is 0.401. The molecule has 0 bridgehead atoms. The molecule has 2 rings (SSSR count). The van der Waals surface area contributed by atoms with Gasteiger partial charge in [0.2, 0.25) is 0 Å². The zero-order valence-electron chi connectivity index (χ0n) is 4.24. The number of hydrogen-bond acceptors (Lipinski definition) is 1. The predicted molar refractivity (Wildman–Crippen MR) is 25.9 cm³/mol. The molecule has 0 atom stereocenters. The van der Waals surface area contributed by atoms with E-state index in [1.807, 2.05) is 0 Å². The van der Waals surface area contributed by atoms with Crippen LogP contribution in [0.1, 0.15) is 25.7 Å². The van der Waals surface area contributed by atoms with E-state index in [0.717, 1.165) is 6.42 Å².